The second kappa shape index (κ2) is 9.48. The summed E-state index contributed by atoms with van der Waals surface area (Å²) in [6.07, 6.45) is 2.84. The molecular weight excluding hydrogens is 382 g/mol. The van der Waals surface area contributed by atoms with Crippen molar-refractivity contribution in [2.24, 2.45) is 0 Å². The Morgan fingerprint density at radius 2 is 1.64 bits per heavy atom. The Hall–Kier alpha value is -2.71. The van der Waals surface area contributed by atoms with Crippen LogP contribution in [0.5, 0.6) is 0 Å². The molecule has 0 saturated carbocycles. The first-order chi connectivity index (χ1) is 13.2. The Morgan fingerprint density at radius 1 is 1.04 bits per heavy atom. The van der Waals surface area contributed by atoms with Crippen LogP contribution >= 0.6 is 0 Å². The van der Waals surface area contributed by atoms with Crippen molar-refractivity contribution < 1.29 is 27.7 Å². The van der Waals surface area contributed by atoms with Crippen LogP contribution in [0, 0.1) is 0 Å². The summed E-state index contributed by atoms with van der Waals surface area (Å²) in [5.74, 6) is -3.38. The van der Waals surface area contributed by atoms with Crippen molar-refractivity contribution in [3.63, 3.8) is 0 Å². The number of carbonyl (C=O) groups is 2. The quantitative estimate of drug-likeness (QED) is 0.552. The van der Waals surface area contributed by atoms with Crippen molar-refractivity contribution in [3.05, 3.63) is 59.7 Å². The van der Waals surface area contributed by atoms with E-state index in [1.807, 2.05) is 24.3 Å². The third kappa shape index (κ3) is 5.90. The van der Waals surface area contributed by atoms with Crippen LogP contribution in [0.2, 0.25) is 0 Å². The number of carbonyl (C=O) groups excluding carboxylic acids is 1. The lowest BCUT2D eigenvalue weighted by atomic mass is 9.92. The van der Waals surface area contributed by atoms with Crippen LogP contribution in [0.4, 0.5) is 0 Å². The lowest BCUT2D eigenvalue weighted by Gasteiger charge is -2.16. The zero-order chi connectivity index (χ0) is 20.7. The lowest BCUT2D eigenvalue weighted by molar-refractivity contribution is -0.138. The molecule has 0 aliphatic carbocycles. The van der Waals surface area contributed by atoms with Crippen molar-refractivity contribution in [3.8, 4) is 11.1 Å². The molecule has 1 unspecified atom stereocenters. The summed E-state index contributed by atoms with van der Waals surface area (Å²) < 4.78 is 31.0. The van der Waals surface area contributed by atoms with Gasteiger partial charge in [0.05, 0.1) is 0 Å². The first-order valence-corrected chi connectivity index (χ1v) is 10.5. The van der Waals surface area contributed by atoms with Crippen LogP contribution < -0.4 is 5.32 Å². The monoisotopic (exact) mass is 405 g/mol. The molecule has 2 rings (SSSR count). The maximum atomic E-state index is 12.7. The SMILES string of the molecule is CCCCc1ccccc1-c1ccccc1C(=O)NC(CS(=O)(=O)O)C(=O)O. The molecule has 0 radical (unpaired) electrons. The van der Waals surface area contributed by atoms with Crippen molar-refractivity contribution in [2.75, 3.05) is 5.75 Å². The Kier molecular flexibility index (Phi) is 7.31. The summed E-state index contributed by atoms with van der Waals surface area (Å²) >= 11 is 0. The third-order valence-corrected chi connectivity index (χ3v) is 5.01. The molecular formula is C20H23NO6S. The molecule has 0 heterocycles. The van der Waals surface area contributed by atoms with Gasteiger partial charge in [-0.15, -0.1) is 0 Å². The second-order valence-corrected chi connectivity index (χ2v) is 7.92. The molecule has 0 bridgehead atoms. The van der Waals surface area contributed by atoms with Gasteiger partial charge in [-0.05, 0) is 35.6 Å². The van der Waals surface area contributed by atoms with Crippen LogP contribution in [-0.2, 0) is 21.3 Å². The van der Waals surface area contributed by atoms with E-state index >= 15 is 0 Å². The van der Waals surface area contributed by atoms with Crippen LogP contribution in [0.1, 0.15) is 35.7 Å². The molecule has 0 aliphatic heterocycles. The lowest BCUT2D eigenvalue weighted by Crippen LogP contribution is -2.45. The number of nitrogens with one attached hydrogen (secondary N) is 1. The Bertz CT molecular complexity index is 955. The van der Waals surface area contributed by atoms with Gasteiger partial charge in [0.2, 0.25) is 0 Å². The van der Waals surface area contributed by atoms with Crippen molar-refractivity contribution in [1.82, 2.24) is 5.32 Å². The van der Waals surface area contributed by atoms with Crippen molar-refractivity contribution in [2.45, 2.75) is 32.2 Å². The highest BCUT2D eigenvalue weighted by molar-refractivity contribution is 7.85. The molecule has 1 amide bonds. The number of benzene rings is 2. The molecule has 1 atom stereocenters. The van der Waals surface area contributed by atoms with E-state index in [4.69, 9.17) is 9.66 Å². The van der Waals surface area contributed by atoms with Crippen molar-refractivity contribution >= 4 is 22.0 Å². The maximum Gasteiger partial charge on any atom is 0.327 e. The fraction of sp³-hybridized carbons (Fsp3) is 0.300. The number of hydrogen-bond donors (Lipinski definition) is 3. The van der Waals surface area contributed by atoms with E-state index in [-0.39, 0.29) is 5.56 Å². The summed E-state index contributed by atoms with van der Waals surface area (Å²) in [5.41, 5.74) is 2.79. The predicted molar refractivity (Wildman–Crippen MR) is 106 cm³/mol. The first kappa shape index (κ1) is 21.6. The van der Waals surface area contributed by atoms with Gasteiger partial charge in [-0.25, -0.2) is 4.79 Å². The van der Waals surface area contributed by atoms with E-state index in [0.717, 1.165) is 30.4 Å². The normalized spacial score (nSPS) is 12.4. The predicted octanol–water partition coefficient (Wildman–Crippen LogP) is 2.77. The number of carboxylic acid groups (broad SMARTS) is 1. The van der Waals surface area contributed by atoms with E-state index in [0.29, 0.717) is 5.56 Å². The molecule has 0 aromatic heterocycles. The molecule has 150 valence electrons. The van der Waals surface area contributed by atoms with Gasteiger partial charge in [0.25, 0.3) is 16.0 Å². The summed E-state index contributed by atoms with van der Waals surface area (Å²) in [5, 5.41) is 11.4. The topological polar surface area (TPSA) is 121 Å². The third-order valence-electron chi connectivity index (χ3n) is 4.26. The van der Waals surface area contributed by atoms with Gasteiger partial charge in [0.15, 0.2) is 0 Å². The molecule has 0 saturated heterocycles. The largest absolute Gasteiger partial charge is 0.480 e. The number of carboxylic acids is 1. The van der Waals surface area contributed by atoms with Gasteiger partial charge in [-0.1, -0.05) is 55.8 Å². The highest BCUT2D eigenvalue weighted by Crippen LogP contribution is 2.28. The molecule has 7 nitrogen and oxygen atoms in total. The van der Waals surface area contributed by atoms with Crippen LogP contribution in [0.15, 0.2) is 48.5 Å². The van der Waals surface area contributed by atoms with Crippen LogP contribution in [-0.4, -0.2) is 41.7 Å². The Balaban J connectivity index is 2.39. The molecule has 0 aliphatic rings. The van der Waals surface area contributed by atoms with Gasteiger partial charge >= 0.3 is 5.97 Å². The summed E-state index contributed by atoms with van der Waals surface area (Å²) in [7, 11) is -4.57. The molecule has 28 heavy (non-hydrogen) atoms. The number of amides is 1. The molecule has 2 aromatic carbocycles. The summed E-state index contributed by atoms with van der Waals surface area (Å²) in [4.78, 5) is 24.0. The smallest absolute Gasteiger partial charge is 0.327 e. The van der Waals surface area contributed by atoms with E-state index in [2.05, 4.69) is 12.2 Å². The minimum Gasteiger partial charge on any atom is -0.480 e. The molecule has 0 spiro atoms. The Labute approximate surface area is 164 Å². The fourth-order valence-corrected chi connectivity index (χ4v) is 3.55. The van der Waals surface area contributed by atoms with Crippen LogP contribution in [0.3, 0.4) is 0 Å². The molecule has 0 fully saturated rings. The van der Waals surface area contributed by atoms with Gasteiger partial charge < -0.3 is 10.4 Å². The van der Waals surface area contributed by atoms with Crippen LogP contribution in [0.25, 0.3) is 11.1 Å². The summed E-state index contributed by atoms with van der Waals surface area (Å²) in [6.45, 7) is 2.09. The van der Waals surface area contributed by atoms with E-state index < -0.39 is 33.8 Å². The number of aryl methyl sites for hydroxylation is 1. The Morgan fingerprint density at radius 3 is 2.25 bits per heavy atom. The number of rotatable bonds is 9. The second-order valence-electron chi connectivity index (χ2n) is 6.42. The average molecular weight is 405 g/mol. The van der Waals surface area contributed by atoms with Gasteiger partial charge in [-0.2, -0.15) is 8.42 Å². The number of unbranched alkanes of at least 4 members (excludes halogenated alkanes) is 1. The highest BCUT2D eigenvalue weighted by atomic mass is 32.2. The number of aliphatic carboxylic acids is 1. The van der Waals surface area contributed by atoms with Gasteiger partial charge in [0, 0.05) is 5.56 Å². The van der Waals surface area contributed by atoms with E-state index in [1.54, 1.807) is 24.3 Å². The minimum atomic E-state index is -4.57. The zero-order valence-electron chi connectivity index (χ0n) is 15.5. The maximum absolute atomic E-state index is 12.7. The average Bonchev–Trinajstić information content (AvgIpc) is 2.65. The summed E-state index contributed by atoms with van der Waals surface area (Å²) in [6, 6.07) is 12.6. The fourth-order valence-electron chi connectivity index (χ4n) is 2.91. The first-order valence-electron chi connectivity index (χ1n) is 8.89. The molecule has 3 N–H and O–H groups in total. The van der Waals surface area contributed by atoms with Crippen molar-refractivity contribution in [1.29, 1.82) is 0 Å². The van der Waals surface area contributed by atoms with Gasteiger partial charge in [0.1, 0.15) is 11.8 Å². The van der Waals surface area contributed by atoms with Gasteiger partial charge in [-0.3, -0.25) is 9.35 Å². The highest BCUT2D eigenvalue weighted by Gasteiger charge is 2.27. The molecule has 2 aromatic rings. The minimum absolute atomic E-state index is 0.230. The molecule has 8 heteroatoms. The van der Waals surface area contributed by atoms with E-state index in [9.17, 15) is 18.0 Å². The zero-order valence-corrected chi connectivity index (χ0v) is 16.3. The van der Waals surface area contributed by atoms with E-state index in [1.165, 1.54) is 0 Å². The number of hydrogen-bond acceptors (Lipinski definition) is 4. The standard InChI is InChI=1S/C20H23NO6S/c1-2-3-8-14-9-4-5-10-15(14)16-11-6-7-12-17(16)19(22)21-18(20(23)24)13-28(25,26)27/h4-7,9-12,18H,2-3,8,13H2,1H3,(H,21,22)(H,23,24)(H,25,26,27).